The van der Waals surface area contributed by atoms with E-state index in [-0.39, 0.29) is 6.10 Å². The minimum absolute atomic E-state index is 0.0692. The lowest BCUT2D eigenvalue weighted by Gasteiger charge is -2.20. The summed E-state index contributed by atoms with van der Waals surface area (Å²) in [6.45, 7) is 0.620. The zero-order valence-corrected chi connectivity index (χ0v) is 17.5. The molecule has 0 fully saturated rings. The van der Waals surface area contributed by atoms with Crippen molar-refractivity contribution in [1.29, 1.82) is 0 Å². The molecule has 4 rings (SSSR count). The van der Waals surface area contributed by atoms with E-state index in [2.05, 4.69) is 76.6 Å². The van der Waals surface area contributed by atoms with Crippen LogP contribution < -0.4 is 4.74 Å². The number of allylic oxidation sites excluding steroid dienone is 1. The van der Waals surface area contributed by atoms with Gasteiger partial charge in [-0.15, -0.1) is 0 Å². The smallest absolute Gasteiger partial charge is 0.118 e. The monoisotopic (exact) mass is 434 g/mol. The summed E-state index contributed by atoms with van der Waals surface area (Å²) >= 11 is 3.86. The molecule has 0 N–H and O–H groups in total. The molecule has 0 aliphatic heterocycles. The van der Waals surface area contributed by atoms with E-state index in [1.54, 1.807) is 7.11 Å². The van der Waals surface area contributed by atoms with Gasteiger partial charge in [-0.2, -0.15) is 0 Å². The minimum atomic E-state index is 0.0692. The Kier molecular flexibility index (Phi) is 5.94. The van der Waals surface area contributed by atoms with Crippen LogP contribution in [0.2, 0.25) is 0 Å². The zero-order valence-electron chi connectivity index (χ0n) is 15.9. The number of benzene rings is 3. The molecule has 28 heavy (non-hydrogen) atoms. The molecule has 3 heteroatoms. The average molecular weight is 435 g/mol. The number of rotatable bonds is 5. The van der Waals surface area contributed by atoms with Gasteiger partial charge in [0.05, 0.1) is 19.8 Å². The lowest BCUT2D eigenvalue weighted by Crippen LogP contribution is -2.06. The van der Waals surface area contributed by atoms with Crippen molar-refractivity contribution in [2.24, 2.45) is 0 Å². The maximum absolute atomic E-state index is 6.38. The third-order valence-corrected chi connectivity index (χ3v) is 5.94. The number of hydrogen-bond acceptors (Lipinski definition) is 2. The van der Waals surface area contributed by atoms with Gasteiger partial charge >= 0.3 is 0 Å². The Morgan fingerprint density at radius 1 is 0.893 bits per heavy atom. The third kappa shape index (κ3) is 4.06. The van der Waals surface area contributed by atoms with Crippen LogP contribution in [0.25, 0.3) is 5.57 Å². The molecule has 1 aliphatic carbocycles. The first kappa shape index (κ1) is 19.0. The molecule has 1 aliphatic rings. The molecule has 0 heterocycles. The largest absolute Gasteiger partial charge is 0.497 e. The summed E-state index contributed by atoms with van der Waals surface area (Å²) in [5.74, 6) is 0.867. The summed E-state index contributed by atoms with van der Waals surface area (Å²) in [6.07, 6.45) is 1.96. The molecule has 0 radical (unpaired) electrons. The number of hydrogen-bond donors (Lipinski definition) is 0. The molecule has 1 atom stereocenters. The van der Waals surface area contributed by atoms with Gasteiger partial charge in [-0.05, 0) is 52.8 Å². The molecule has 0 aromatic heterocycles. The van der Waals surface area contributed by atoms with E-state index in [0.29, 0.717) is 6.61 Å². The Morgan fingerprint density at radius 3 is 2.36 bits per heavy atom. The van der Waals surface area contributed by atoms with Crippen LogP contribution in [0.1, 0.15) is 41.2 Å². The summed E-state index contributed by atoms with van der Waals surface area (Å²) < 4.78 is 12.9. The molecule has 0 bridgehead atoms. The third-order valence-electron chi connectivity index (χ3n) is 5.15. The predicted octanol–water partition coefficient (Wildman–Crippen LogP) is 6.90. The van der Waals surface area contributed by atoms with Crippen molar-refractivity contribution in [3.8, 4) is 5.75 Å². The fourth-order valence-corrected chi connectivity index (χ4v) is 4.38. The van der Waals surface area contributed by atoms with E-state index >= 15 is 0 Å². The highest BCUT2D eigenvalue weighted by atomic mass is 79.9. The Balaban J connectivity index is 1.67. The van der Waals surface area contributed by atoms with Gasteiger partial charge in [-0.3, -0.25) is 0 Å². The number of halogens is 1. The molecule has 3 aromatic rings. The minimum Gasteiger partial charge on any atom is -0.497 e. The highest BCUT2D eigenvalue weighted by Gasteiger charge is 2.24. The van der Waals surface area contributed by atoms with Crippen LogP contribution in [0, 0.1) is 0 Å². The second-order valence-electron chi connectivity index (χ2n) is 6.92. The van der Waals surface area contributed by atoms with Crippen LogP contribution in [0.15, 0.2) is 83.3 Å². The Morgan fingerprint density at radius 2 is 1.61 bits per heavy atom. The average Bonchev–Trinajstić information content (AvgIpc) is 2.89. The summed E-state index contributed by atoms with van der Waals surface area (Å²) in [5, 5.41) is 0. The maximum atomic E-state index is 6.38. The van der Waals surface area contributed by atoms with E-state index in [4.69, 9.17) is 9.47 Å². The quantitative estimate of drug-likeness (QED) is 0.434. The molecule has 0 saturated carbocycles. The van der Waals surface area contributed by atoms with E-state index in [1.165, 1.54) is 32.3 Å². The summed E-state index contributed by atoms with van der Waals surface area (Å²) in [5.41, 5.74) is 6.10. The van der Waals surface area contributed by atoms with Gasteiger partial charge in [0.1, 0.15) is 5.75 Å². The number of fused-ring (bicyclic) bond motifs is 1. The molecular formula is C25H23BrO2. The highest BCUT2D eigenvalue weighted by Crippen LogP contribution is 2.42. The molecule has 0 saturated heterocycles. The fraction of sp³-hybridized carbons (Fsp3) is 0.200. The highest BCUT2D eigenvalue weighted by molar-refractivity contribution is 9.11. The summed E-state index contributed by atoms with van der Waals surface area (Å²) in [7, 11) is 1.69. The fourth-order valence-electron chi connectivity index (χ4n) is 3.70. The Labute approximate surface area is 174 Å². The van der Waals surface area contributed by atoms with E-state index < -0.39 is 0 Å². The van der Waals surface area contributed by atoms with Crippen molar-refractivity contribution in [2.45, 2.75) is 25.6 Å². The van der Waals surface area contributed by atoms with Crippen molar-refractivity contribution in [2.75, 3.05) is 7.11 Å². The van der Waals surface area contributed by atoms with Crippen LogP contribution in [0.3, 0.4) is 0 Å². The number of methoxy groups -OCH3 is 1. The van der Waals surface area contributed by atoms with Gasteiger partial charge in [0.25, 0.3) is 0 Å². The van der Waals surface area contributed by atoms with Crippen LogP contribution in [-0.2, 0) is 11.3 Å². The Bertz CT molecular complexity index is 961. The SMILES string of the molecule is COc1ccc(C2=C(Br)CCC(OCc3ccccc3)c3ccccc32)cc1. The molecule has 1 unspecified atom stereocenters. The summed E-state index contributed by atoms with van der Waals surface area (Å²) in [4.78, 5) is 0. The van der Waals surface area contributed by atoms with Crippen molar-refractivity contribution < 1.29 is 9.47 Å². The number of ether oxygens (including phenoxy) is 2. The van der Waals surface area contributed by atoms with E-state index in [1.807, 2.05) is 18.2 Å². The van der Waals surface area contributed by atoms with E-state index in [9.17, 15) is 0 Å². The molecule has 0 amide bonds. The normalized spacial score (nSPS) is 16.4. The molecular weight excluding hydrogens is 412 g/mol. The first-order valence-corrected chi connectivity index (χ1v) is 10.3. The molecule has 2 nitrogen and oxygen atoms in total. The van der Waals surface area contributed by atoms with Gasteiger partial charge in [-0.25, -0.2) is 0 Å². The topological polar surface area (TPSA) is 18.5 Å². The van der Waals surface area contributed by atoms with Gasteiger partial charge < -0.3 is 9.47 Å². The first-order valence-electron chi connectivity index (χ1n) is 9.54. The van der Waals surface area contributed by atoms with Crippen LogP contribution in [0.4, 0.5) is 0 Å². The standard InChI is InChI=1S/C25H23BrO2/c1-27-20-13-11-19(12-14-20)25-22-10-6-5-9-21(22)24(16-15-23(25)26)28-17-18-7-3-2-4-8-18/h2-14,24H,15-17H2,1H3. The zero-order chi connectivity index (χ0) is 19.3. The maximum Gasteiger partial charge on any atom is 0.118 e. The first-order chi connectivity index (χ1) is 13.8. The van der Waals surface area contributed by atoms with Gasteiger partial charge in [-0.1, -0.05) is 82.7 Å². The van der Waals surface area contributed by atoms with Crippen molar-refractivity contribution in [3.63, 3.8) is 0 Å². The van der Waals surface area contributed by atoms with Gasteiger partial charge in [0.15, 0.2) is 0 Å². The van der Waals surface area contributed by atoms with Crippen LogP contribution in [-0.4, -0.2) is 7.11 Å². The van der Waals surface area contributed by atoms with Crippen molar-refractivity contribution in [1.82, 2.24) is 0 Å². The van der Waals surface area contributed by atoms with E-state index in [0.717, 1.165) is 18.6 Å². The second kappa shape index (κ2) is 8.76. The van der Waals surface area contributed by atoms with Crippen LogP contribution in [0.5, 0.6) is 5.75 Å². The molecule has 142 valence electrons. The Hall–Kier alpha value is -2.36. The van der Waals surface area contributed by atoms with Gasteiger partial charge in [0.2, 0.25) is 0 Å². The predicted molar refractivity (Wildman–Crippen MR) is 118 cm³/mol. The second-order valence-corrected chi connectivity index (χ2v) is 7.88. The lowest BCUT2D eigenvalue weighted by molar-refractivity contribution is 0.0347. The molecule has 0 spiro atoms. The molecule has 3 aromatic carbocycles. The van der Waals surface area contributed by atoms with Crippen LogP contribution >= 0.6 is 15.9 Å². The lowest BCUT2D eigenvalue weighted by atomic mass is 9.93. The van der Waals surface area contributed by atoms with Crippen molar-refractivity contribution in [3.05, 3.63) is 106 Å². The van der Waals surface area contributed by atoms with Gasteiger partial charge in [0, 0.05) is 4.48 Å². The van der Waals surface area contributed by atoms with Crippen molar-refractivity contribution >= 4 is 21.5 Å². The summed E-state index contributed by atoms with van der Waals surface area (Å²) in [6, 6.07) is 27.2.